The first-order chi connectivity index (χ1) is 12.5. The maximum atomic E-state index is 12.5. The van der Waals surface area contributed by atoms with Crippen molar-refractivity contribution < 1.29 is 14.1 Å². The van der Waals surface area contributed by atoms with E-state index in [0.29, 0.717) is 30.9 Å². The van der Waals surface area contributed by atoms with Crippen molar-refractivity contribution in [1.82, 2.24) is 20.4 Å². The number of unbranched alkanes of at least 4 members (excludes halogenated alkanes) is 1. The second-order valence-corrected chi connectivity index (χ2v) is 6.53. The van der Waals surface area contributed by atoms with Crippen LogP contribution >= 0.6 is 0 Å². The fourth-order valence-corrected chi connectivity index (χ4v) is 2.61. The molecular formula is C19H26N4O3. The molecule has 0 bridgehead atoms. The van der Waals surface area contributed by atoms with Gasteiger partial charge in [0.15, 0.2) is 0 Å². The Kier molecular flexibility index (Phi) is 7.32. The van der Waals surface area contributed by atoms with E-state index in [1.807, 2.05) is 6.92 Å². The summed E-state index contributed by atoms with van der Waals surface area (Å²) in [6.07, 6.45) is 3.74. The number of carbonyl (C=O) groups excluding carboxylic acids is 2. The number of nitrogens with one attached hydrogen (secondary N) is 1. The van der Waals surface area contributed by atoms with Crippen LogP contribution in [0.5, 0.6) is 0 Å². The monoisotopic (exact) mass is 358 g/mol. The van der Waals surface area contributed by atoms with E-state index in [4.69, 9.17) is 4.52 Å². The van der Waals surface area contributed by atoms with Crippen LogP contribution < -0.4 is 5.32 Å². The molecule has 140 valence electrons. The Morgan fingerprint density at radius 3 is 2.62 bits per heavy atom. The largest absolute Gasteiger partial charge is 0.356 e. The fourth-order valence-electron chi connectivity index (χ4n) is 2.61. The van der Waals surface area contributed by atoms with E-state index in [-0.39, 0.29) is 17.7 Å². The standard InChI is InChI=1S/C19H26N4O3/c1-4-5-6-17(24)20-11-14(2)12-23(3)19(25)16-9-7-15(8-10-16)18-21-13-26-22-18/h7-10,13-14H,4-6,11-12H2,1-3H3,(H,20,24). The average Bonchev–Trinajstić information content (AvgIpc) is 3.19. The van der Waals surface area contributed by atoms with Gasteiger partial charge in [-0.3, -0.25) is 9.59 Å². The van der Waals surface area contributed by atoms with Crippen molar-refractivity contribution in [2.45, 2.75) is 33.1 Å². The van der Waals surface area contributed by atoms with Crippen LogP contribution in [0.2, 0.25) is 0 Å². The molecule has 0 spiro atoms. The zero-order chi connectivity index (χ0) is 18.9. The van der Waals surface area contributed by atoms with E-state index in [2.05, 4.69) is 22.4 Å². The zero-order valence-corrected chi connectivity index (χ0v) is 15.6. The highest BCUT2D eigenvalue weighted by Gasteiger charge is 2.15. The van der Waals surface area contributed by atoms with Crippen molar-refractivity contribution in [2.24, 2.45) is 5.92 Å². The van der Waals surface area contributed by atoms with E-state index in [0.717, 1.165) is 18.4 Å². The molecule has 0 saturated carbocycles. The predicted molar refractivity (Wildman–Crippen MR) is 98.4 cm³/mol. The Labute approximate surface area is 153 Å². The van der Waals surface area contributed by atoms with E-state index < -0.39 is 0 Å². The number of nitrogens with zero attached hydrogens (tertiary/aromatic N) is 3. The smallest absolute Gasteiger partial charge is 0.253 e. The molecule has 0 aliphatic heterocycles. The van der Waals surface area contributed by atoms with Gasteiger partial charge in [0, 0.05) is 37.7 Å². The lowest BCUT2D eigenvalue weighted by atomic mass is 10.1. The highest BCUT2D eigenvalue weighted by atomic mass is 16.5. The summed E-state index contributed by atoms with van der Waals surface area (Å²) in [6, 6.07) is 7.09. The second-order valence-electron chi connectivity index (χ2n) is 6.53. The third kappa shape index (κ3) is 5.68. The lowest BCUT2D eigenvalue weighted by Gasteiger charge is -2.22. The van der Waals surface area contributed by atoms with Gasteiger partial charge in [-0.2, -0.15) is 4.98 Å². The quantitative estimate of drug-likeness (QED) is 0.744. The van der Waals surface area contributed by atoms with Crippen LogP contribution in [-0.4, -0.2) is 47.0 Å². The molecule has 2 amide bonds. The van der Waals surface area contributed by atoms with Gasteiger partial charge in [-0.1, -0.05) is 37.6 Å². The first-order valence-corrected chi connectivity index (χ1v) is 8.90. The van der Waals surface area contributed by atoms with Gasteiger partial charge < -0.3 is 14.7 Å². The molecule has 1 heterocycles. The van der Waals surface area contributed by atoms with Gasteiger partial charge in [0.05, 0.1) is 0 Å². The van der Waals surface area contributed by atoms with Crippen molar-refractivity contribution in [3.63, 3.8) is 0 Å². The number of rotatable bonds is 9. The highest BCUT2D eigenvalue weighted by Crippen LogP contribution is 2.16. The molecule has 1 aromatic heterocycles. The minimum Gasteiger partial charge on any atom is -0.356 e. The SMILES string of the molecule is CCCCC(=O)NCC(C)CN(C)C(=O)c1ccc(-c2ncon2)cc1. The lowest BCUT2D eigenvalue weighted by molar-refractivity contribution is -0.121. The van der Waals surface area contributed by atoms with Gasteiger partial charge >= 0.3 is 0 Å². The van der Waals surface area contributed by atoms with Crippen LogP contribution in [0.25, 0.3) is 11.4 Å². The summed E-state index contributed by atoms with van der Waals surface area (Å²) < 4.78 is 4.72. The van der Waals surface area contributed by atoms with Crippen LogP contribution in [0.15, 0.2) is 35.2 Å². The summed E-state index contributed by atoms with van der Waals surface area (Å²) >= 11 is 0. The molecule has 7 heteroatoms. The van der Waals surface area contributed by atoms with E-state index >= 15 is 0 Å². The van der Waals surface area contributed by atoms with Gasteiger partial charge in [-0.15, -0.1) is 0 Å². The van der Waals surface area contributed by atoms with Gasteiger partial charge in [0.2, 0.25) is 18.1 Å². The Morgan fingerprint density at radius 2 is 2.00 bits per heavy atom. The number of carbonyl (C=O) groups is 2. The maximum absolute atomic E-state index is 12.5. The van der Waals surface area contributed by atoms with Crippen LogP contribution in [0, 0.1) is 5.92 Å². The summed E-state index contributed by atoms with van der Waals surface area (Å²) in [5, 5.41) is 6.70. The maximum Gasteiger partial charge on any atom is 0.253 e. The number of hydrogen-bond acceptors (Lipinski definition) is 5. The van der Waals surface area contributed by atoms with E-state index in [9.17, 15) is 9.59 Å². The molecule has 2 aromatic rings. The minimum absolute atomic E-state index is 0.0613. The number of benzene rings is 1. The summed E-state index contributed by atoms with van der Waals surface area (Å²) in [5.74, 6) is 0.677. The molecule has 1 atom stereocenters. The van der Waals surface area contributed by atoms with Crippen LogP contribution in [0.4, 0.5) is 0 Å². The Balaban J connectivity index is 1.83. The van der Waals surface area contributed by atoms with E-state index in [1.54, 1.807) is 36.2 Å². The molecule has 7 nitrogen and oxygen atoms in total. The Morgan fingerprint density at radius 1 is 1.27 bits per heavy atom. The topological polar surface area (TPSA) is 88.3 Å². The minimum atomic E-state index is -0.0613. The van der Waals surface area contributed by atoms with Crippen LogP contribution in [0.1, 0.15) is 43.5 Å². The molecule has 0 fully saturated rings. The molecule has 2 rings (SSSR count). The summed E-state index contributed by atoms with van der Waals surface area (Å²) in [4.78, 5) is 29.9. The van der Waals surface area contributed by atoms with Crippen molar-refractivity contribution in [1.29, 1.82) is 0 Å². The van der Waals surface area contributed by atoms with Crippen molar-refractivity contribution in [3.05, 3.63) is 36.2 Å². The normalized spacial score (nSPS) is 11.8. The van der Waals surface area contributed by atoms with Crippen LogP contribution in [-0.2, 0) is 4.79 Å². The molecule has 1 N–H and O–H groups in total. The first kappa shape index (κ1) is 19.6. The third-order valence-corrected chi connectivity index (χ3v) is 4.09. The molecule has 1 aromatic carbocycles. The molecule has 1 unspecified atom stereocenters. The van der Waals surface area contributed by atoms with Crippen molar-refractivity contribution in [3.8, 4) is 11.4 Å². The average molecular weight is 358 g/mol. The number of amides is 2. The van der Waals surface area contributed by atoms with E-state index in [1.165, 1.54) is 6.39 Å². The molecule has 0 saturated heterocycles. The van der Waals surface area contributed by atoms with Gasteiger partial charge in [0.1, 0.15) is 0 Å². The van der Waals surface area contributed by atoms with Gasteiger partial charge in [0.25, 0.3) is 5.91 Å². The van der Waals surface area contributed by atoms with Crippen molar-refractivity contribution in [2.75, 3.05) is 20.1 Å². The number of hydrogen-bond donors (Lipinski definition) is 1. The zero-order valence-electron chi connectivity index (χ0n) is 15.6. The Bertz CT molecular complexity index is 698. The molecule has 0 aliphatic rings. The molecule has 0 aliphatic carbocycles. The summed E-state index contributed by atoms with van der Waals surface area (Å²) in [6.45, 7) is 5.21. The van der Waals surface area contributed by atoms with Crippen molar-refractivity contribution >= 4 is 11.8 Å². The molecular weight excluding hydrogens is 332 g/mol. The third-order valence-electron chi connectivity index (χ3n) is 4.09. The van der Waals surface area contributed by atoms with Crippen LogP contribution in [0.3, 0.4) is 0 Å². The first-order valence-electron chi connectivity index (χ1n) is 8.90. The fraction of sp³-hybridized carbons (Fsp3) is 0.474. The highest BCUT2D eigenvalue weighted by molar-refractivity contribution is 5.94. The summed E-state index contributed by atoms with van der Waals surface area (Å²) in [5.41, 5.74) is 1.39. The Hall–Kier alpha value is -2.70. The predicted octanol–water partition coefficient (Wildman–Crippen LogP) is 2.75. The second kappa shape index (κ2) is 9.70. The molecule has 26 heavy (non-hydrogen) atoms. The lowest BCUT2D eigenvalue weighted by Crippen LogP contribution is -2.36. The number of aromatic nitrogens is 2. The summed E-state index contributed by atoms with van der Waals surface area (Å²) in [7, 11) is 1.77. The van der Waals surface area contributed by atoms with Gasteiger partial charge in [-0.05, 0) is 24.5 Å². The molecule has 0 radical (unpaired) electrons. The van der Waals surface area contributed by atoms with Gasteiger partial charge in [-0.25, -0.2) is 0 Å².